The average Bonchev–Trinajstić information content (AvgIpc) is 3.10. The van der Waals surface area contributed by atoms with Gasteiger partial charge in [-0.3, -0.25) is 4.79 Å². The fraction of sp³-hybridized carbons (Fsp3) is 0.200. The summed E-state index contributed by atoms with van der Waals surface area (Å²) in [4.78, 5) is 19.9. The van der Waals surface area contributed by atoms with E-state index in [1.165, 1.54) is 13.1 Å². The summed E-state index contributed by atoms with van der Waals surface area (Å²) in [5, 5.41) is 4.14. The lowest BCUT2D eigenvalue weighted by Crippen LogP contribution is -2.17. The van der Waals surface area contributed by atoms with Gasteiger partial charge in [0.25, 0.3) is 5.91 Å². The molecule has 3 N–H and O–H groups in total. The summed E-state index contributed by atoms with van der Waals surface area (Å²) >= 11 is 0.788. The van der Waals surface area contributed by atoms with Crippen LogP contribution in [0.3, 0.4) is 0 Å². The van der Waals surface area contributed by atoms with Crippen LogP contribution in [0.25, 0.3) is 10.2 Å². The van der Waals surface area contributed by atoms with Crippen molar-refractivity contribution in [3.8, 4) is 0 Å². The van der Waals surface area contributed by atoms with E-state index in [4.69, 9.17) is 5.73 Å². The second-order valence-electron chi connectivity index (χ2n) is 5.48. The zero-order chi connectivity index (χ0) is 19.1. The highest BCUT2D eigenvalue weighted by Gasteiger charge is 2.34. The van der Waals surface area contributed by atoms with E-state index in [9.17, 15) is 18.0 Å². The summed E-state index contributed by atoms with van der Waals surface area (Å²) < 4.78 is 40.4. The molecule has 3 heterocycles. The third kappa shape index (κ3) is 3.25. The van der Waals surface area contributed by atoms with Gasteiger partial charge in [-0.25, -0.2) is 15.4 Å². The third-order valence-electron chi connectivity index (χ3n) is 3.61. The molecule has 11 heteroatoms. The van der Waals surface area contributed by atoms with Crippen LogP contribution < -0.4 is 11.2 Å². The Hall–Kier alpha value is -2.95. The lowest BCUT2D eigenvalue weighted by molar-refractivity contribution is -0.141. The smallest absolute Gasteiger partial charge is 0.397 e. The van der Waals surface area contributed by atoms with Crippen molar-refractivity contribution < 1.29 is 18.0 Å². The number of carbonyl (C=O) groups excluding carboxylic acids is 1. The normalized spacial score (nSPS) is 12.2. The number of hydrogen-bond donors (Lipinski definition) is 2. The minimum absolute atomic E-state index is 0.0515. The molecule has 0 aromatic carbocycles. The molecule has 136 valence electrons. The molecular formula is C15H13F3N6OS. The number of rotatable bonds is 3. The van der Waals surface area contributed by atoms with Crippen LogP contribution in [0, 0.1) is 6.92 Å². The molecule has 0 saturated heterocycles. The molecule has 1 amide bonds. The summed E-state index contributed by atoms with van der Waals surface area (Å²) in [6.07, 6.45) is -0.0670. The first kappa shape index (κ1) is 17.9. The molecule has 0 radical (unpaired) electrons. The Morgan fingerprint density at radius 3 is 2.81 bits per heavy atom. The summed E-state index contributed by atoms with van der Waals surface area (Å²) in [5.41, 5.74) is 8.26. The van der Waals surface area contributed by atoms with Crippen LogP contribution in [0.2, 0.25) is 0 Å². The monoisotopic (exact) mass is 382 g/mol. The molecule has 26 heavy (non-hydrogen) atoms. The third-order valence-corrected chi connectivity index (χ3v) is 4.71. The molecule has 0 aliphatic heterocycles. The Balaban J connectivity index is 1.91. The van der Waals surface area contributed by atoms with E-state index in [2.05, 4.69) is 20.5 Å². The highest BCUT2D eigenvalue weighted by atomic mass is 32.1. The topological polar surface area (TPSA) is 98.2 Å². The maximum Gasteiger partial charge on any atom is 0.433 e. The van der Waals surface area contributed by atoms with Crippen molar-refractivity contribution >= 4 is 39.4 Å². The van der Waals surface area contributed by atoms with Crippen molar-refractivity contribution in [1.29, 1.82) is 0 Å². The van der Waals surface area contributed by atoms with Gasteiger partial charge in [-0.05, 0) is 18.6 Å². The van der Waals surface area contributed by atoms with Crippen molar-refractivity contribution in [2.75, 3.05) is 5.73 Å². The zero-order valence-corrected chi connectivity index (χ0v) is 14.4. The van der Waals surface area contributed by atoms with Crippen LogP contribution in [0.4, 0.5) is 18.9 Å². The van der Waals surface area contributed by atoms with Crippen LogP contribution in [-0.2, 0) is 13.2 Å². The fourth-order valence-electron chi connectivity index (χ4n) is 2.32. The minimum atomic E-state index is -4.58. The molecule has 0 atom stereocenters. The number of nitrogens with one attached hydrogen (secondary N) is 1. The van der Waals surface area contributed by atoms with Gasteiger partial charge in [-0.2, -0.15) is 18.3 Å². The van der Waals surface area contributed by atoms with Gasteiger partial charge in [0.15, 0.2) is 0 Å². The van der Waals surface area contributed by atoms with Gasteiger partial charge in [0.05, 0.1) is 30.1 Å². The Morgan fingerprint density at radius 2 is 2.19 bits per heavy atom. The number of halogens is 3. The number of pyridine rings is 1. The molecule has 0 bridgehead atoms. The second-order valence-corrected chi connectivity index (χ2v) is 6.47. The summed E-state index contributed by atoms with van der Waals surface area (Å²) in [7, 11) is 1.76. The van der Waals surface area contributed by atoms with Crippen molar-refractivity contribution in [1.82, 2.24) is 20.0 Å². The Labute approximate surface area is 149 Å². The van der Waals surface area contributed by atoms with Gasteiger partial charge in [0, 0.05) is 12.4 Å². The van der Waals surface area contributed by atoms with E-state index >= 15 is 0 Å². The van der Waals surface area contributed by atoms with E-state index in [1.54, 1.807) is 24.1 Å². The number of thiophene rings is 1. The molecule has 3 aromatic heterocycles. The van der Waals surface area contributed by atoms with Gasteiger partial charge in [-0.15, -0.1) is 11.3 Å². The van der Waals surface area contributed by atoms with Crippen molar-refractivity contribution in [2.24, 2.45) is 12.1 Å². The number of alkyl halides is 3. The first-order chi connectivity index (χ1) is 12.2. The first-order valence-corrected chi connectivity index (χ1v) is 8.06. The number of nitrogens with two attached hydrogens (primary N) is 1. The highest BCUT2D eigenvalue weighted by Crippen LogP contribution is 2.38. The number of hydrogen-bond acceptors (Lipinski definition) is 6. The van der Waals surface area contributed by atoms with Gasteiger partial charge < -0.3 is 10.3 Å². The second kappa shape index (κ2) is 6.41. The maximum absolute atomic E-state index is 12.9. The predicted octanol–water partition coefficient (Wildman–Crippen LogP) is 2.70. The Bertz CT molecular complexity index is 1020. The number of fused-ring (bicyclic) bond motifs is 1. The van der Waals surface area contributed by atoms with Crippen LogP contribution in [0.5, 0.6) is 0 Å². The number of nitrogens with zero attached hydrogens (tertiary/aromatic N) is 4. The van der Waals surface area contributed by atoms with E-state index in [0.29, 0.717) is 16.6 Å². The molecule has 3 rings (SSSR count). The van der Waals surface area contributed by atoms with Gasteiger partial charge in [-0.1, -0.05) is 0 Å². The van der Waals surface area contributed by atoms with Crippen LogP contribution in [0.1, 0.15) is 26.6 Å². The predicted molar refractivity (Wildman–Crippen MR) is 92.0 cm³/mol. The molecule has 0 saturated carbocycles. The molecule has 0 fully saturated rings. The van der Waals surface area contributed by atoms with Crippen molar-refractivity contribution in [3.05, 3.63) is 40.4 Å². The number of hydrazone groups is 1. The largest absolute Gasteiger partial charge is 0.433 e. The summed E-state index contributed by atoms with van der Waals surface area (Å²) in [6, 6.07) is 0.910. The van der Waals surface area contributed by atoms with E-state index < -0.39 is 17.8 Å². The Kier molecular flexibility index (Phi) is 4.40. The van der Waals surface area contributed by atoms with Crippen molar-refractivity contribution in [3.63, 3.8) is 0 Å². The number of amides is 1. The number of nitrogen functional groups attached to an aromatic ring is 1. The summed E-state index contributed by atoms with van der Waals surface area (Å²) in [6.45, 7) is 1.49. The molecule has 0 aliphatic carbocycles. The molecular weight excluding hydrogens is 369 g/mol. The maximum atomic E-state index is 12.9. The van der Waals surface area contributed by atoms with Crippen LogP contribution in [-0.4, -0.2) is 26.7 Å². The van der Waals surface area contributed by atoms with Crippen LogP contribution >= 0.6 is 11.3 Å². The first-order valence-electron chi connectivity index (χ1n) is 7.25. The minimum Gasteiger partial charge on any atom is -0.397 e. The SMILES string of the molecule is Cc1cc(C(F)(F)F)nc2sc(C(=O)N/N=C/c3cncn3C)c(N)c12. The standard InChI is InChI=1S/C15H13F3N6OS/c1-7-3-9(15(16,17)18)22-14-10(7)11(19)12(26-14)13(25)23-21-5-8-4-20-6-24(8)2/h3-6H,19H2,1-2H3,(H,23,25)/b21-5+. The van der Waals surface area contributed by atoms with Gasteiger partial charge in [0.2, 0.25) is 0 Å². The fourth-order valence-corrected chi connectivity index (χ4v) is 3.38. The number of aryl methyl sites for hydroxylation is 2. The zero-order valence-electron chi connectivity index (χ0n) is 13.6. The molecule has 0 aliphatic rings. The summed E-state index contributed by atoms with van der Waals surface area (Å²) in [5.74, 6) is -0.628. The van der Waals surface area contributed by atoms with E-state index in [0.717, 1.165) is 17.4 Å². The van der Waals surface area contributed by atoms with E-state index in [1.807, 2.05) is 0 Å². The molecule has 3 aromatic rings. The molecule has 0 spiro atoms. The van der Waals surface area contributed by atoms with E-state index in [-0.39, 0.29) is 15.4 Å². The average molecular weight is 382 g/mol. The lowest BCUT2D eigenvalue weighted by atomic mass is 10.1. The quantitative estimate of drug-likeness (QED) is 0.537. The number of aromatic nitrogens is 3. The van der Waals surface area contributed by atoms with Gasteiger partial charge >= 0.3 is 6.18 Å². The van der Waals surface area contributed by atoms with Crippen molar-refractivity contribution in [2.45, 2.75) is 13.1 Å². The highest BCUT2D eigenvalue weighted by molar-refractivity contribution is 7.21. The number of anilines is 1. The lowest BCUT2D eigenvalue weighted by Gasteiger charge is -2.07. The Morgan fingerprint density at radius 1 is 1.46 bits per heavy atom. The molecule has 7 nitrogen and oxygen atoms in total. The number of carbonyl (C=O) groups is 1. The van der Waals surface area contributed by atoms with Gasteiger partial charge in [0.1, 0.15) is 15.4 Å². The number of imidazole rings is 1. The molecule has 0 unspecified atom stereocenters. The van der Waals surface area contributed by atoms with Crippen LogP contribution in [0.15, 0.2) is 23.7 Å².